The Morgan fingerprint density at radius 1 is 1.28 bits per heavy atom. The number of ketones is 1. The largest absolute Gasteiger partial charge is 0.508 e. The summed E-state index contributed by atoms with van der Waals surface area (Å²) in [4.78, 5) is 21.6. The molecule has 18 heavy (non-hydrogen) atoms. The van der Waals surface area contributed by atoms with Crippen LogP contribution < -0.4 is 5.32 Å². The van der Waals surface area contributed by atoms with Crippen LogP contribution in [0.15, 0.2) is 24.3 Å². The van der Waals surface area contributed by atoms with Gasteiger partial charge in [0.25, 0.3) is 0 Å². The van der Waals surface area contributed by atoms with Crippen LogP contribution in [0.1, 0.15) is 12.0 Å². The number of hydrogen-bond acceptors (Lipinski definition) is 3. The Morgan fingerprint density at radius 2 is 1.94 bits per heavy atom. The Labute approximate surface area is 100 Å². The number of carbonyl (C=O) groups excluding carboxylic acids is 2. The van der Waals surface area contributed by atoms with E-state index in [0.29, 0.717) is 5.56 Å². The van der Waals surface area contributed by atoms with Gasteiger partial charge >= 0.3 is 6.18 Å². The Bertz CT molecular complexity index is 457. The average Bonchev–Trinajstić information content (AvgIpc) is 2.25. The van der Waals surface area contributed by atoms with Crippen LogP contribution in [-0.2, 0) is 16.1 Å². The van der Waals surface area contributed by atoms with Crippen LogP contribution >= 0.6 is 0 Å². The average molecular weight is 261 g/mol. The van der Waals surface area contributed by atoms with E-state index < -0.39 is 24.3 Å². The molecule has 0 aromatic heterocycles. The zero-order chi connectivity index (χ0) is 13.8. The minimum Gasteiger partial charge on any atom is -0.508 e. The fourth-order valence-electron chi connectivity index (χ4n) is 1.18. The van der Waals surface area contributed by atoms with Gasteiger partial charge in [-0.05, 0) is 17.7 Å². The van der Waals surface area contributed by atoms with Gasteiger partial charge in [-0.2, -0.15) is 13.2 Å². The number of aromatic hydroxyl groups is 1. The lowest BCUT2D eigenvalue weighted by molar-refractivity contribution is -0.172. The highest BCUT2D eigenvalue weighted by Crippen LogP contribution is 2.17. The van der Waals surface area contributed by atoms with Gasteiger partial charge in [-0.1, -0.05) is 12.1 Å². The van der Waals surface area contributed by atoms with E-state index in [4.69, 9.17) is 5.11 Å². The lowest BCUT2D eigenvalue weighted by Gasteiger charge is -2.07. The van der Waals surface area contributed by atoms with Gasteiger partial charge in [0.2, 0.25) is 11.7 Å². The van der Waals surface area contributed by atoms with Crippen LogP contribution in [0.5, 0.6) is 5.75 Å². The second-order valence-electron chi connectivity index (χ2n) is 3.54. The molecular formula is C11H10F3NO3. The molecule has 0 aliphatic heterocycles. The normalized spacial score (nSPS) is 11.1. The predicted molar refractivity (Wildman–Crippen MR) is 55.6 cm³/mol. The second kappa shape index (κ2) is 5.52. The molecule has 0 atom stereocenters. The number of alkyl halides is 3. The third kappa shape index (κ3) is 4.44. The van der Waals surface area contributed by atoms with Crippen molar-refractivity contribution in [3.8, 4) is 5.75 Å². The number of phenolic OH excluding ortho intramolecular Hbond substituents is 1. The van der Waals surface area contributed by atoms with Crippen molar-refractivity contribution < 1.29 is 27.9 Å². The smallest absolute Gasteiger partial charge is 0.450 e. The quantitative estimate of drug-likeness (QED) is 0.808. The minimum absolute atomic E-state index is 0.0203. The van der Waals surface area contributed by atoms with Crippen LogP contribution in [0.25, 0.3) is 0 Å². The molecule has 0 spiro atoms. The molecule has 0 aliphatic carbocycles. The van der Waals surface area contributed by atoms with E-state index in [9.17, 15) is 22.8 Å². The molecule has 0 saturated carbocycles. The topological polar surface area (TPSA) is 66.4 Å². The van der Waals surface area contributed by atoms with Gasteiger partial charge < -0.3 is 10.4 Å². The van der Waals surface area contributed by atoms with E-state index in [1.165, 1.54) is 18.2 Å². The van der Waals surface area contributed by atoms with Crippen LogP contribution in [0.3, 0.4) is 0 Å². The van der Waals surface area contributed by atoms with E-state index in [0.717, 1.165) is 0 Å². The maximum absolute atomic E-state index is 11.9. The number of rotatable bonds is 4. The summed E-state index contributed by atoms with van der Waals surface area (Å²) in [5.74, 6) is -3.12. The molecule has 0 radical (unpaired) electrons. The molecule has 2 N–H and O–H groups in total. The number of phenols is 1. The van der Waals surface area contributed by atoms with Crippen LogP contribution in [-0.4, -0.2) is 23.0 Å². The van der Waals surface area contributed by atoms with Crippen molar-refractivity contribution in [1.82, 2.24) is 5.32 Å². The van der Waals surface area contributed by atoms with E-state index in [1.807, 2.05) is 0 Å². The molecule has 1 rings (SSSR count). The molecule has 0 fully saturated rings. The molecule has 0 aliphatic rings. The highest BCUT2D eigenvalue weighted by molar-refractivity contribution is 6.00. The highest BCUT2D eigenvalue weighted by Gasteiger charge is 2.39. The molecule has 0 bridgehead atoms. The van der Waals surface area contributed by atoms with E-state index in [2.05, 4.69) is 5.32 Å². The summed E-state index contributed by atoms with van der Waals surface area (Å²) in [7, 11) is 0. The highest BCUT2D eigenvalue weighted by atomic mass is 19.4. The fourth-order valence-corrected chi connectivity index (χ4v) is 1.18. The van der Waals surface area contributed by atoms with Crippen LogP contribution in [0.2, 0.25) is 0 Å². The second-order valence-corrected chi connectivity index (χ2v) is 3.54. The summed E-state index contributed by atoms with van der Waals surface area (Å²) in [6.45, 7) is -0.0572. The third-order valence-corrected chi connectivity index (χ3v) is 2.04. The molecule has 0 saturated heterocycles. The first-order valence-corrected chi connectivity index (χ1v) is 4.93. The zero-order valence-electron chi connectivity index (χ0n) is 9.12. The van der Waals surface area contributed by atoms with Crippen molar-refractivity contribution in [2.75, 3.05) is 0 Å². The fraction of sp³-hybridized carbons (Fsp3) is 0.273. The molecule has 4 nitrogen and oxygen atoms in total. The number of amides is 1. The minimum atomic E-state index is -5.00. The summed E-state index contributed by atoms with van der Waals surface area (Å²) in [6, 6.07) is 5.87. The molecule has 1 amide bonds. The lowest BCUT2D eigenvalue weighted by atomic mass is 10.2. The summed E-state index contributed by atoms with van der Waals surface area (Å²) < 4.78 is 35.6. The Morgan fingerprint density at radius 3 is 2.50 bits per heavy atom. The van der Waals surface area contributed by atoms with Crippen molar-refractivity contribution in [2.24, 2.45) is 0 Å². The van der Waals surface area contributed by atoms with Crippen molar-refractivity contribution in [3.63, 3.8) is 0 Å². The summed E-state index contributed by atoms with van der Waals surface area (Å²) in [6.07, 6.45) is -6.23. The molecule has 0 unspecified atom stereocenters. The number of Topliss-reactive ketones (excluding diaryl/α,β-unsaturated/α-hetero) is 1. The summed E-state index contributed by atoms with van der Waals surface area (Å²) >= 11 is 0. The Hall–Kier alpha value is -2.05. The number of carbonyl (C=O) groups is 2. The number of benzene rings is 1. The number of nitrogens with one attached hydrogen (secondary N) is 1. The van der Waals surface area contributed by atoms with Crippen LogP contribution in [0.4, 0.5) is 13.2 Å². The molecule has 1 aromatic rings. The maximum Gasteiger partial charge on any atom is 0.450 e. The first kappa shape index (κ1) is 14.0. The van der Waals surface area contributed by atoms with Crippen LogP contribution in [0, 0.1) is 0 Å². The first-order valence-electron chi connectivity index (χ1n) is 4.93. The molecule has 1 aromatic carbocycles. The summed E-state index contributed by atoms with van der Waals surface area (Å²) in [5.41, 5.74) is 0.516. The standard InChI is InChI=1S/C11H10F3NO3/c12-11(13,14)9(17)5-10(18)15-6-7-2-1-3-8(16)4-7/h1-4,16H,5-6H2,(H,15,18). The van der Waals surface area contributed by atoms with Gasteiger partial charge in [-0.25, -0.2) is 0 Å². The van der Waals surface area contributed by atoms with Gasteiger partial charge in [0, 0.05) is 6.54 Å². The van der Waals surface area contributed by atoms with Gasteiger partial charge in [0.1, 0.15) is 5.75 Å². The Kier molecular flexibility index (Phi) is 4.30. The van der Waals surface area contributed by atoms with Crippen molar-refractivity contribution in [1.29, 1.82) is 0 Å². The molecule has 0 heterocycles. The van der Waals surface area contributed by atoms with Gasteiger partial charge in [-0.15, -0.1) is 0 Å². The molecular weight excluding hydrogens is 251 g/mol. The van der Waals surface area contributed by atoms with E-state index >= 15 is 0 Å². The van der Waals surface area contributed by atoms with Gasteiger partial charge in [0.15, 0.2) is 0 Å². The zero-order valence-corrected chi connectivity index (χ0v) is 9.12. The monoisotopic (exact) mass is 261 g/mol. The third-order valence-electron chi connectivity index (χ3n) is 2.04. The number of halogens is 3. The first-order chi connectivity index (χ1) is 8.29. The van der Waals surface area contributed by atoms with Gasteiger partial charge in [0.05, 0.1) is 6.42 Å². The van der Waals surface area contributed by atoms with Crippen molar-refractivity contribution in [3.05, 3.63) is 29.8 Å². The van der Waals surface area contributed by atoms with Crippen molar-refractivity contribution >= 4 is 11.7 Å². The summed E-state index contributed by atoms with van der Waals surface area (Å²) in [5, 5.41) is 11.3. The van der Waals surface area contributed by atoms with Gasteiger partial charge in [-0.3, -0.25) is 9.59 Å². The molecule has 98 valence electrons. The number of hydrogen-bond donors (Lipinski definition) is 2. The predicted octanol–water partition coefficient (Wildman–Crippen LogP) is 1.53. The lowest BCUT2D eigenvalue weighted by Crippen LogP contribution is -2.31. The maximum atomic E-state index is 11.9. The Balaban J connectivity index is 2.45. The van der Waals surface area contributed by atoms with E-state index in [1.54, 1.807) is 6.07 Å². The molecule has 7 heteroatoms. The van der Waals surface area contributed by atoms with E-state index in [-0.39, 0.29) is 12.3 Å². The van der Waals surface area contributed by atoms with Crippen molar-refractivity contribution in [2.45, 2.75) is 19.1 Å². The SMILES string of the molecule is O=C(CC(=O)C(F)(F)F)NCc1cccc(O)c1.